The fourth-order valence-electron chi connectivity index (χ4n) is 4.09. The zero-order chi connectivity index (χ0) is 23.4. The van der Waals surface area contributed by atoms with Crippen molar-refractivity contribution in [2.75, 3.05) is 13.1 Å². The van der Waals surface area contributed by atoms with E-state index < -0.39 is 22.1 Å². The van der Waals surface area contributed by atoms with Crippen molar-refractivity contribution in [1.29, 1.82) is 0 Å². The minimum atomic E-state index is -3.97. The van der Waals surface area contributed by atoms with E-state index in [1.807, 2.05) is 16.2 Å². The van der Waals surface area contributed by atoms with Gasteiger partial charge in [-0.15, -0.1) is 11.3 Å². The van der Waals surface area contributed by atoms with Crippen LogP contribution >= 0.6 is 11.3 Å². The van der Waals surface area contributed by atoms with Crippen LogP contribution in [-0.2, 0) is 23.0 Å². The molecule has 0 spiro atoms. The number of nitrogens with one attached hydrogen (secondary N) is 3. The standard InChI is InChI=1S/C22H26N4O5S2/c27-20-19-17(10-12-32-19)14-26(20)22(29)23-11-9-15-5-7-18(8-6-15)33(30,31)25-21(28)24-13-16-3-1-2-4-16/h5-8,10,12,16H,1-4,9,11,13-14H2,(H,23,29)(H2,24,25,28). The maximum absolute atomic E-state index is 12.4. The lowest BCUT2D eigenvalue weighted by Gasteiger charge is -2.15. The second kappa shape index (κ2) is 9.92. The van der Waals surface area contributed by atoms with E-state index in [0.717, 1.165) is 36.8 Å². The molecule has 2 heterocycles. The summed E-state index contributed by atoms with van der Waals surface area (Å²) >= 11 is 1.33. The predicted octanol–water partition coefficient (Wildman–Crippen LogP) is 2.83. The molecule has 1 aromatic heterocycles. The third-order valence-corrected chi connectivity index (χ3v) is 8.23. The summed E-state index contributed by atoms with van der Waals surface area (Å²) in [5.41, 5.74) is 1.67. The van der Waals surface area contributed by atoms with E-state index in [-0.39, 0.29) is 17.3 Å². The molecule has 4 rings (SSSR count). The molecule has 1 fully saturated rings. The highest BCUT2D eigenvalue weighted by molar-refractivity contribution is 7.90. The molecule has 0 radical (unpaired) electrons. The molecule has 3 N–H and O–H groups in total. The Bertz CT molecular complexity index is 1140. The average Bonchev–Trinajstić information content (AvgIpc) is 3.52. The smallest absolute Gasteiger partial charge is 0.328 e. The number of carbonyl (C=O) groups is 3. The third-order valence-electron chi connectivity index (χ3n) is 5.94. The van der Waals surface area contributed by atoms with Gasteiger partial charge >= 0.3 is 12.1 Å². The molecule has 2 aromatic rings. The summed E-state index contributed by atoms with van der Waals surface area (Å²) in [4.78, 5) is 38.3. The first-order chi connectivity index (χ1) is 15.8. The fraction of sp³-hybridized carbons (Fsp3) is 0.409. The summed E-state index contributed by atoms with van der Waals surface area (Å²) in [5.74, 6) is 0.126. The molecule has 11 heteroatoms. The van der Waals surface area contributed by atoms with Crippen molar-refractivity contribution in [2.24, 2.45) is 5.92 Å². The quantitative estimate of drug-likeness (QED) is 0.550. The topological polar surface area (TPSA) is 125 Å². The van der Waals surface area contributed by atoms with E-state index in [2.05, 4.69) is 10.6 Å². The van der Waals surface area contributed by atoms with Crippen LogP contribution in [0.4, 0.5) is 9.59 Å². The molecule has 5 amide bonds. The number of amides is 5. The van der Waals surface area contributed by atoms with Gasteiger partial charge in [0.15, 0.2) is 0 Å². The Morgan fingerprint density at radius 2 is 1.79 bits per heavy atom. The first kappa shape index (κ1) is 23.2. The number of fused-ring (bicyclic) bond motifs is 1. The maximum atomic E-state index is 12.4. The van der Waals surface area contributed by atoms with E-state index >= 15 is 0 Å². The van der Waals surface area contributed by atoms with Gasteiger partial charge in [0.25, 0.3) is 15.9 Å². The van der Waals surface area contributed by atoms with Crippen LogP contribution in [0.1, 0.15) is 46.5 Å². The lowest BCUT2D eigenvalue weighted by molar-refractivity contribution is 0.0824. The number of hydrogen-bond donors (Lipinski definition) is 3. The Morgan fingerprint density at radius 3 is 2.48 bits per heavy atom. The zero-order valence-corrected chi connectivity index (χ0v) is 19.6. The first-order valence-electron chi connectivity index (χ1n) is 10.9. The molecule has 0 saturated heterocycles. The van der Waals surface area contributed by atoms with Gasteiger partial charge in [-0.1, -0.05) is 25.0 Å². The van der Waals surface area contributed by atoms with Crippen molar-refractivity contribution >= 4 is 39.3 Å². The number of carbonyl (C=O) groups excluding carboxylic acids is 3. The van der Waals surface area contributed by atoms with Crippen LogP contribution in [0.3, 0.4) is 0 Å². The van der Waals surface area contributed by atoms with Gasteiger partial charge in [0.05, 0.1) is 16.3 Å². The summed E-state index contributed by atoms with van der Waals surface area (Å²) < 4.78 is 26.9. The molecule has 0 atom stereocenters. The van der Waals surface area contributed by atoms with Crippen molar-refractivity contribution in [3.63, 3.8) is 0 Å². The van der Waals surface area contributed by atoms with Crippen LogP contribution in [0.5, 0.6) is 0 Å². The summed E-state index contributed by atoms with van der Waals surface area (Å²) in [6.45, 7) is 1.05. The van der Waals surface area contributed by atoms with Gasteiger partial charge in [0, 0.05) is 13.1 Å². The third kappa shape index (κ3) is 5.53. The summed E-state index contributed by atoms with van der Waals surface area (Å²) in [5, 5.41) is 7.19. The maximum Gasteiger partial charge on any atom is 0.328 e. The van der Waals surface area contributed by atoms with Crippen LogP contribution in [0.2, 0.25) is 0 Å². The van der Waals surface area contributed by atoms with Crippen molar-refractivity contribution in [3.8, 4) is 0 Å². The van der Waals surface area contributed by atoms with Crippen molar-refractivity contribution < 1.29 is 22.8 Å². The molecule has 9 nitrogen and oxygen atoms in total. The normalized spacial score (nSPS) is 16.0. The van der Waals surface area contributed by atoms with Crippen molar-refractivity contribution in [3.05, 3.63) is 51.7 Å². The summed E-state index contributed by atoms with van der Waals surface area (Å²) in [7, 11) is -3.97. The number of sulfonamides is 1. The number of hydrogen-bond acceptors (Lipinski definition) is 6. The first-order valence-corrected chi connectivity index (χ1v) is 13.3. The largest absolute Gasteiger partial charge is 0.337 e. The van der Waals surface area contributed by atoms with Gasteiger partial charge in [-0.2, -0.15) is 0 Å². The number of imide groups is 1. The Balaban J connectivity index is 1.23. The van der Waals surface area contributed by atoms with Crippen LogP contribution in [-0.4, -0.2) is 44.4 Å². The Morgan fingerprint density at radius 1 is 1.06 bits per heavy atom. The SMILES string of the molecule is O=C(NCC1CCCC1)NS(=O)(=O)c1ccc(CCNC(=O)N2Cc3ccsc3C2=O)cc1. The molecule has 2 aliphatic rings. The number of thiophene rings is 1. The second-order valence-electron chi connectivity index (χ2n) is 8.26. The fourth-order valence-corrected chi connectivity index (χ4v) is 5.88. The highest BCUT2D eigenvalue weighted by atomic mass is 32.2. The number of urea groups is 2. The molecular weight excluding hydrogens is 464 g/mol. The zero-order valence-electron chi connectivity index (χ0n) is 18.0. The van der Waals surface area contributed by atoms with Crippen LogP contribution in [0.25, 0.3) is 0 Å². The highest BCUT2D eigenvalue weighted by Gasteiger charge is 2.32. The second-order valence-corrected chi connectivity index (χ2v) is 10.9. The highest BCUT2D eigenvalue weighted by Crippen LogP contribution is 2.27. The molecule has 1 aliphatic heterocycles. The minimum Gasteiger partial charge on any atom is -0.337 e. The summed E-state index contributed by atoms with van der Waals surface area (Å²) in [6.07, 6.45) is 4.87. The van der Waals surface area contributed by atoms with Crippen LogP contribution < -0.4 is 15.4 Å². The molecule has 1 saturated carbocycles. The van der Waals surface area contributed by atoms with E-state index in [1.54, 1.807) is 12.1 Å². The van der Waals surface area contributed by atoms with Gasteiger partial charge in [-0.25, -0.2) is 22.7 Å². The number of nitrogens with zero attached hydrogens (tertiary/aromatic N) is 1. The van der Waals surface area contributed by atoms with Crippen molar-refractivity contribution in [1.82, 2.24) is 20.3 Å². The lowest BCUT2D eigenvalue weighted by atomic mass is 10.1. The number of rotatable bonds is 7. The van der Waals surface area contributed by atoms with Crippen molar-refractivity contribution in [2.45, 2.75) is 43.5 Å². The van der Waals surface area contributed by atoms with Gasteiger partial charge in [0.1, 0.15) is 0 Å². The predicted molar refractivity (Wildman–Crippen MR) is 123 cm³/mol. The monoisotopic (exact) mass is 490 g/mol. The Kier molecular flexibility index (Phi) is 6.99. The van der Waals surface area contributed by atoms with E-state index in [4.69, 9.17) is 0 Å². The van der Waals surface area contributed by atoms with E-state index in [0.29, 0.717) is 30.3 Å². The molecule has 176 valence electrons. The molecule has 1 aromatic carbocycles. The molecule has 0 bridgehead atoms. The van der Waals surface area contributed by atoms with Gasteiger partial charge in [-0.05, 0) is 59.9 Å². The van der Waals surface area contributed by atoms with E-state index in [1.165, 1.54) is 28.4 Å². The Labute approximate surface area is 196 Å². The molecule has 33 heavy (non-hydrogen) atoms. The van der Waals surface area contributed by atoms with Gasteiger partial charge < -0.3 is 10.6 Å². The van der Waals surface area contributed by atoms with Crippen LogP contribution in [0, 0.1) is 5.92 Å². The van der Waals surface area contributed by atoms with Crippen LogP contribution in [0.15, 0.2) is 40.6 Å². The average molecular weight is 491 g/mol. The molecule has 0 unspecified atom stereocenters. The Hall–Kier alpha value is -2.92. The molecular formula is C22H26N4O5S2. The lowest BCUT2D eigenvalue weighted by Crippen LogP contribution is -2.41. The summed E-state index contributed by atoms with van der Waals surface area (Å²) in [6, 6.07) is 6.78. The molecule has 1 aliphatic carbocycles. The minimum absolute atomic E-state index is 0.0138. The van der Waals surface area contributed by atoms with E-state index in [9.17, 15) is 22.8 Å². The number of benzene rings is 1. The van der Waals surface area contributed by atoms with Gasteiger partial charge in [0.2, 0.25) is 0 Å². The van der Waals surface area contributed by atoms with Gasteiger partial charge in [-0.3, -0.25) is 9.69 Å².